The number of amides is 2. The normalized spacial score (nSPS) is 12.2. The van der Waals surface area contributed by atoms with Gasteiger partial charge in [-0.2, -0.15) is 0 Å². The molecule has 0 saturated carbocycles. The van der Waals surface area contributed by atoms with Crippen LogP contribution in [0.3, 0.4) is 0 Å². The maximum Gasteiger partial charge on any atom is 0.244 e. The third-order valence-electron chi connectivity index (χ3n) is 5.45. The van der Waals surface area contributed by atoms with Crippen LogP contribution in [0.4, 0.5) is 5.69 Å². The van der Waals surface area contributed by atoms with Crippen LogP contribution in [0.15, 0.2) is 42.5 Å². The summed E-state index contributed by atoms with van der Waals surface area (Å²) in [6.07, 6.45) is 1.35. The summed E-state index contributed by atoms with van der Waals surface area (Å²) in [5.41, 5.74) is 0.960. The summed E-state index contributed by atoms with van der Waals surface area (Å²) < 4.78 is 31.5. The third kappa shape index (κ3) is 8.28. The molecule has 8 nitrogen and oxygen atoms in total. The summed E-state index contributed by atoms with van der Waals surface area (Å²) in [7, 11) is -2.31. The van der Waals surface area contributed by atoms with E-state index in [1.54, 1.807) is 38.3 Å². The predicted octanol–water partition coefficient (Wildman–Crippen LogP) is 4.35. The smallest absolute Gasteiger partial charge is 0.244 e. The van der Waals surface area contributed by atoms with E-state index in [0.29, 0.717) is 18.7 Å². The van der Waals surface area contributed by atoms with Gasteiger partial charge in [0, 0.05) is 13.1 Å². The fraction of sp³-hybridized carbons (Fsp3) is 0.440. The molecule has 11 heteroatoms. The van der Waals surface area contributed by atoms with Crippen molar-refractivity contribution in [2.45, 2.75) is 39.8 Å². The molecule has 2 aromatic rings. The number of benzene rings is 2. The molecule has 0 aliphatic carbocycles. The topological polar surface area (TPSA) is 96.0 Å². The average molecular weight is 559 g/mol. The second kappa shape index (κ2) is 13.2. The van der Waals surface area contributed by atoms with Crippen molar-refractivity contribution in [1.82, 2.24) is 10.2 Å². The number of carbonyl (C=O) groups excluding carboxylic acids is 2. The predicted molar refractivity (Wildman–Crippen MR) is 144 cm³/mol. The molecular formula is C25H33Cl2N3O5S. The van der Waals surface area contributed by atoms with Gasteiger partial charge in [-0.25, -0.2) is 8.42 Å². The molecule has 1 N–H and O–H groups in total. The zero-order valence-electron chi connectivity index (χ0n) is 21.1. The molecule has 2 aromatic carbocycles. The van der Waals surface area contributed by atoms with Crippen LogP contribution >= 0.6 is 23.2 Å². The molecule has 0 saturated heterocycles. The number of carbonyl (C=O) groups is 2. The number of nitrogens with zero attached hydrogens (tertiary/aromatic N) is 2. The van der Waals surface area contributed by atoms with Crippen LogP contribution in [0.5, 0.6) is 5.75 Å². The summed E-state index contributed by atoms with van der Waals surface area (Å²) in [5, 5.41) is 3.30. The Labute approximate surface area is 223 Å². The first-order valence-corrected chi connectivity index (χ1v) is 14.1. The van der Waals surface area contributed by atoms with Gasteiger partial charge in [-0.05, 0) is 48.2 Å². The lowest BCUT2D eigenvalue weighted by molar-refractivity contribution is -0.140. The number of hydrogen-bond donors (Lipinski definition) is 1. The maximum atomic E-state index is 13.7. The van der Waals surface area contributed by atoms with E-state index >= 15 is 0 Å². The van der Waals surface area contributed by atoms with Crippen molar-refractivity contribution in [2.24, 2.45) is 5.92 Å². The Bertz CT molecular complexity index is 1160. The lowest BCUT2D eigenvalue weighted by atomic mass is 10.1. The van der Waals surface area contributed by atoms with Crippen LogP contribution in [0.25, 0.3) is 0 Å². The number of anilines is 1. The van der Waals surface area contributed by atoms with Gasteiger partial charge in [0.1, 0.15) is 18.3 Å². The Balaban J connectivity index is 2.43. The zero-order chi connectivity index (χ0) is 27.0. The van der Waals surface area contributed by atoms with E-state index in [9.17, 15) is 18.0 Å². The second-order valence-corrected chi connectivity index (χ2v) is 11.5. The number of halogens is 2. The highest BCUT2D eigenvalue weighted by Gasteiger charge is 2.32. The number of nitrogens with one attached hydrogen (secondary N) is 1. The monoisotopic (exact) mass is 557 g/mol. The van der Waals surface area contributed by atoms with Gasteiger partial charge in [-0.3, -0.25) is 13.9 Å². The first-order valence-electron chi connectivity index (χ1n) is 11.5. The van der Waals surface area contributed by atoms with Crippen molar-refractivity contribution in [2.75, 3.05) is 30.8 Å². The SMILES string of the molecule is CC[C@@H](C(=O)NCC(C)C)N(Cc1ccc(OC)cc1)C(=O)CN(c1ccc(Cl)c(Cl)c1)S(C)(=O)=O. The molecule has 0 fully saturated rings. The second-order valence-electron chi connectivity index (χ2n) is 8.80. The van der Waals surface area contributed by atoms with E-state index in [-0.39, 0.29) is 34.1 Å². The molecular weight excluding hydrogens is 525 g/mol. The Kier molecular flexibility index (Phi) is 10.9. The quantitative estimate of drug-likeness (QED) is 0.418. The van der Waals surface area contributed by atoms with Gasteiger partial charge in [-0.15, -0.1) is 0 Å². The van der Waals surface area contributed by atoms with Crippen molar-refractivity contribution < 1.29 is 22.7 Å². The van der Waals surface area contributed by atoms with E-state index in [2.05, 4.69) is 5.32 Å². The summed E-state index contributed by atoms with van der Waals surface area (Å²) in [5.74, 6) is 0.0520. The van der Waals surface area contributed by atoms with Gasteiger partial charge in [0.2, 0.25) is 21.8 Å². The molecule has 0 bridgehead atoms. The molecule has 0 spiro atoms. The molecule has 36 heavy (non-hydrogen) atoms. The molecule has 198 valence electrons. The van der Waals surface area contributed by atoms with Crippen LogP contribution < -0.4 is 14.4 Å². The van der Waals surface area contributed by atoms with Crippen LogP contribution in [-0.4, -0.2) is 57.6 Å². The van der Waals surface area contributed by atoms with Gasteiger partial charge in [0.25, 0.3) is 0 Å². The van der Waals surface area contributed by atoms with Crippen molar-refractivity contribution in [3.8, 4) is 5.75 Å². The number of ether oxygens (including phenoxy) is 1. The van der Waals surface area contributed by atoms with Gasteiger partial charge < -0.3 is 15.0 Å². The minimum atomic E-state index is -3.87. The lowest BCUT2D eigenvalue weighted by Gasteiger charge is -2.33. The van der Waals surface area contributed by atoms with Crippen LogP contribution in [-0.2, 0) is 26.2 Å². The molecule has 0 heterocycles. The molecule has 1 atom stereocenters. The van der Waals surface area contributed by atoms with E-state index in [0.717, 1.165) is 16.1 Å². The van der Waals surface area contributed by atoms with Crippen molar-refractivity contribution in [3.05, 3.63) is 58.1 Å². The Morgan fingerprint density at radius 3 is 2.19 bits per heavy atom. The van der Waals surface area contributed by atoms with E-state index in [1.165, 1.54) is 23.1 Å². The van der Waals surface area contributed by atoms with E-state index in [4.69, 9.17) is 27.9 Å². The third-order valence-corrected chi connectivity index (χ3v) is 7.33. The highest BCUT2D eigenvalue weighted by Crippen LogP contribution is 2.28. The summed E-state index contributed by atoms with van der Waals surface area (Å²) in [4.78, 5) is 28.1. The minimum Gasteiger partial charge on any atom is -0.497 e. The number of sulfonamides is 1. The number of methoxy groups -OCH3 is 1. The maximum absolute atomic E-state index is 13.7. The highest BCUT2D eigenvalue weighted by atomic mass is 35.5. The van der Waals surface area contributed by atoms with Gasteiger partial charge in [0.05, 0.1) is 29.1 Å². The molecule has 0 radical (unpaired) electrons. The highest BCUT2D eigenvalue weighted by molar-refractivity contribution is 7.92. The molecule has 0 aliphatic heterocycles. The molecule has 0 aliphatic rings. The molecule has 0 unspecified atom stereocenters. The fourth-order valence-electron chi connectivity index (χ4n) is 3.52. The van der Waals surface area contributed by atoms with Gasteiger partial charge >= 0.3 is 0 Å². The zero-order valence-corrected chi connectivity index (χ0v) is 23.5. The number of rotatable bonds is 12. The summed E-state index contributed by atoms with van der Waals surface area (Å²) in [6.45, 7) is 5.81. The largest absolute Gasteiger partial charge is 0.497 e. The Morgan fingerprint density at radius 2 is 1.69 bits per heavy atom. The average Bonchev–Trinajstić information content (AvgIpc) is 2.82. The van der Waals surface area contributed by atoms with Crippen molar-refractivity contribution >= 4 is 50.7 Å². The van der Waals surface area contributed by atoms with Crippen LogP contribution in [0.2, 0.25) is 10.0 Å². The number of hydrogen-bond acceptors (Lipinski definition) is 5. The van der Waals surface area contributed by atoms with E-state index in [1.807, 2.05) is 13.8 Å². The van der Waals surface area contributed by atoms with Crippen molar-refractivity contribution in [3.63, 3.8) is 0 Å². The Morgan fingerprint density at radius 1 is 1.06 bits per heavy atom. The van der Waals surface area contributed by atoms with Gasteiger partial charge in [0.15, 0.2) is 0 Å². The van der Waals surface area contributed by atoms with Crippen LogP contribution in [0, 0.1) is 5.92 Å². The standard InChI is InChI=1S/C25H33Cl2N3O5S/c1-6-23(25(32)28-14-17(2)3)29(15-18-7-10-20(35-4)11-8-18)24(31)16-30(36(5,33)34)19-9-12-21(26)22(27)13-19/h7-13,17,23H,6,14-16H2,1-5H3,(H,28,32)/t23-/m0/s1. The fourth-order valence-corrected chi connectivity index (χ4v) is 4.66. The van der Waals surface area contributed by atoms with E-state index < -0.39 is 28.5 Å². The van der Waals surface area contributed by atoms with Gasteiger partial charge in [-0.1, -0.05) is 56.1 Å². The first kappa shape index (κ1) is 29.7. The Hall–Kier alpha value is -2.49. The minimum absolute atomic E-state index is 0.107. The summed E-state index contributed by atoms with van der Waals surface area (Å²) >= 11 is 12.1. The molecule has 0 aromatic heterocycles. The summed E-state index contributed by atoms with van der Waals surface area (Å²) in [6, 6.07) is 10.6. The lowest BCUT2D eigenvalue weighted by Crippen LogP contribution is -2.52. The van der Waals surface area contributed by atoms with Crippen LogP contribution in [0.1, 0.15) is 32.8 Å². The molecule has 2 amide bonds. The first-order chi connectivity index (χ1) is 16.9. The van der Waals surface area contributed by atoms with Crippen molar-refractivity contribution in [1.29, 1.82) is 0 Å². The molecule has 2 rings (SSSR count).